The Morgan fingerprint density at radius 1 is 1.33 bits per heavy atom. The lowest BCUT2D eigenvalue weighted by atomic mass is 10.2. The minimum absolute atomic E-state index is 0.340. The quantitative estimate of drug-likeness (QED) is 0.857. The highest BCUT2D eigenvalue weighted by Gasteiger charge is 2.13. The summed E-state index contributed by atoms with van der Waals surface area (Å²) in [5.41, 5.74) is 5.82. The van der Waals surface area contributed by atoms with Crippen molar-refractivity contribution in [2.75, 3.05) is 6.54 Å². The molecule has 1 aromatic heterocycles. The molecule has 0 atom stereocenters. The summed E-state index contributed by atoms with van der Waals surface area (Å²) in [6.07, 6.45) is 1.75. The summed E-state index contributed by atoms with van der Waals surface area (Å²) < 4.78 is 16.1. The third kappa shape index (κ3) is 2.91. The van der Waals surface area contributed by atoms with E-state index >= 15 is 0 Å². The molecule has 0 amide bonds. The summed E-state index contributed by atoms with van der Waals surface area (Å²) in [4.78, 5) is 0. The average molecular weight is 314 g/mol. The van der Waals surface area contributed by atoms with E-state index < -0.39 is 0 Å². The molecule has 0 unspecified atom stereocenters. The number of aryl methyl sites for hydroxylation is 1. The average Bonchev–Trinajstić information content (AvgIpc) is 2.81. The van der Waals surface area contributed by atoms with Crippen LogP contribution in [0, 0.1) is 5.82 Å². The molecule has 2 rings (SSSR count). The lowest BCUT2D eigenvalue weighted by Gasteiger charge is -2.05. The van der Waals surface area contributed by atoms with Crippen LogP contribution in [0.2, 0.25) is 0 Å². The predicted molar refractivity (Wildman–Crippen MR) is 69.2 cm³/mol. The van der Waals surface area contributed by atoms with E-state index in [-0.39, 0.29) is 5.82 Å². The van der Waals surface area contributed by atoms with E-state index in [9.17, 15) is 4.39 Å². The van der Waals surface area contributed by atoms with Crippen LogP contribution in [0.1, 0.15) is 12.8 Å². The van der Waals surface area contributed by atoms with Gasteiger partial charge in [-0.05, 0) is 48.0 Å². The highest BCUT2D eigenvalue weighted by molar-refractivity contribution is 9.10. The molecule has 2 N–H and O–H groups in total. The van der Waals surface area contributed by atoms with Gasteiger partial charge < -0.3 is 5.73 Å². The molecule has 0 spiro atoms. The number of rotatable bonds is 5. The van der Waals surface area contributed by atoms with Gasteiger partial charge in [-0.25, -0.2) is 9.07 Å². The summed E-state index contributed by atoms with van der Waals surface area (Å²) in [6, 6.07) is 4.69. The normalized spacial score (nSPS) is 10.8. The Morgan fingerprint density at radius 3 is 2.94 bits per heavy atom. The Balaban J connectivity index is 2.27. The second-order valence-electron chi connectivity index (χ2n) is 3.85. The fourth-order valence-corrected chi connectivity index (χ4v) is 1.98. The van der Waals surface area contributed by atoms with E-state index in [1.54, 1.807) is 16.8 Å². The molecule has 1 heterocycles. The smallest absolute Gasteiger partial charge is 0.185 e. The van der Waals surface area contributed by atoms with Crippen molar-refractivity contribution < 1.29 is 4.39 Å². The summed E-state index contributed by atoms with van der Waals surface area (Å²) >= 11 is 3.31. The number of unbranched alkanes of at least 4 members (excludes halogenated alkanes) is 1. The molecule has 0 aliphatic carbocycles. The van der Waals surface area contributed by atoms with Gasteiger partial charge in [0.25, 0.3) is 0 Å². The highest BCUT2D eigenvalue weighted by atomic mass is 79.9. The Morgan fingerprint density at radius 2 is 2.17 bits per heavy atom. The molecule has 7 heteroatoms. The monoisotopic (exact) mass is 313 g/mol. The third-order valence-electron chi connectivity index (χ3n) is 2.53. The molecule has 0 radical (unpaired) electrons. The minimum Gasteiger partial charge on any atom is -0.330 e. The second kappa shape index (κ2) is 6.01. The van der Waals surface area contributed by atoms with Crippen molar-refractivity contribution in [1.29, 1.82) is 0 Å². The van der Waals surface area contributed by atoms with Crippen LogP contribution in [0.4, 0.5) is 4.39 Å². The van der Waals surface area contributed by atoms with Crippen molar-refractivity contribution in [2.24, 2.45) is 5.73 Å². The van der Waals surface area contributed by atoms with Crippen LogP contribution in [0.25, 0.3) is 11.4 Å². The number of tetrazole rings is 1. The van der Waals surface area contributed by atoms with Crippen molar-refractivity contribution in [2.45, 2.75) is 19.4 Å². The number of nitrogens with two attached hydrogens (primary N) is 1. The molecule has 2 aromatic rings. The van der Waals surface area contributed by atoms with E-state index in [2.05, 4.69) is 31.5 Å². The Bertz CT molecular complexity index is 528. The van der Waals surface area contributed by atoms with Gasteiger partial charge in [0.05, 0.1) is 5.56 Å². The second-order valence-corrected chi connectivity index (χ2v) is 4.76. The summed E-state index contributed by atoms with van der Waals surface area (Å²) in [7, 11) is 0. The summed E-state index contributed by atoms with van der Waals surface area (Å²) in [6.45, 7) is 1.26. The SMILES string of the molecule is NCCCCn1nnnc1-c1cc(Br)ccc1F. The maximum absolute atomic E-state index is 13.8. The van der Waals surface area contributed by atoms with Crippen molar-refractivity contribution in [3.63, 3.8) is 0 Å². The van der Waals surface area contributed by atoms with Gasteiger partial charge in [0.15, 0.2) is 5.82 Å². The Labute approximate surface area is 112 Å². The van der Waals surface area contributed by atoms with Gasteiger partial charge >= 0.3 is 0 Å². The van der Waals surface area contributed by atoms with E-state index in [0.29, 0.717) is 24.5 Å². The first-order chi connectivity index (χ1) is 8.72. The molecule has 0 saturated carbocycles. The first-order valence-corrected chi connectivity index (χ1v) is 6.43. The molecular formula is C11H13BrFN5. The molecule has 0 fully saturated rings. The van der Waals surface area contributed by atoms with E-state index in [0.717, 1.165) is 17.3 Å². The van der Waals surface area contributed by atoms with Gasteiger partial charge in [0, 0.05) is 11.0 Å². The highest BCUT2D eigenvalue weighted by Crippen LogP contribution is 2.24. The number of halogens is 2. The minimum atomic E-state index is -0.340. The fraction of sp³-hybridized carbons (Fsp3) is 0.364. The maximum Gasteiger partial charge on any atom is 0.185 e. The molecule has 5 nitrogen and oxygen atoms in total. The number of hydrogen-bond donors (Lipinski definition) is 1. The molecule has 1 aromatic carbocycles. The van der Waals surface area contributed by atoms with Crippen LogP contribution < -0.4 is 5.73 Å². The van der Waals surface area contributed by atoms with Gasteiger partial charge in [-0.3, -0.25) is 0 Å². The zero-order chi connectivity index (χ0) is 13.0. The predicted octanol–water partition coefficient (Wildman–Crippen LogP) is 1.98. The molecule has 96 valence electrons. The maximum atomic E-state index is 13.8. The lowest BCUT2D eigenvalue weighted by Crippen LogP contribution is -2.06. The molecular weight excluding hydrogens is 301 g/mol. The largest absolute Gasteiger partial charge is 0.330 e. The van der Waals surface area contributed by atoms with Crippen molar-refractivity contribution >= 4 is 15.9 Å². The first kappa shape index (κ1) is 13.1. The van der Waals surface area contributed by atoms with Gasteiger partial charge in [0.2, 0.25) is 0 Å². The van der Waals surface area contributed by atoms with Gasteiger partial charge in [-0.2, -0.15) is 0 Å². The number of hydrogen-bond acceptors (Lipinski definition) is 4. The summed E-state index contributed by atoms with van der Waals surface area (Å²) in [5, 5.41) is 11.3. The molecule has 0 aliphatic heterocycles. The third-order valence-corrected chi connectivity index (χ3v) is 3.02. The van der Waals surface area contributed by atoms with Crippen LogP contribution in [-0.4, -0.2) is 26.8 Å². The zero-order valence-electron chi connectivity index (χ0n) is 9.68. The fourth-order valence-electron chi connectivity index (χ4n) is 1.62. The van der Waals surface area contributed by atoms with E-state index in [1.165, 1.54) is 6.07 Å². The standard InChI is InChI=1S/C11H13BrFN5/c12-8-3-4-10(13)9(7-8)11-15-16-17-18(11)6-2-1-5-14/h3-4,7H,1-2,5-6,14H2. The summed E-state index contributed by atoms with van der Waals surface area (Å²) in [5.74, 6) is 0.0962. The molecule has 0 saturated heterocycles. The van der Waals surface area contributed by atoms with Crippen LogP contribution in [0.15, 0.2) is 22.7 Å². The van der Waals surface area contributed by atoms with Crippen molar-refractivity contribution in [3.05, 3.63) is 28.5 Å². The van der Waals surface area contributed by atoms with Gasteiger partial charge in [-0.1, -0.05) is 15.9 Å². The Hall–Kier alpha value is -1.34. The van der Waals surface area contributed by atoms with Gasteiger partial charge in [0.1, 0.15) is 5.82 Å². The van der Waals surface area contributed by atoms with Crippen LogP contribution in [0.5, 0.6) is 0 Å². The van der Waals surface area contributed by atoms with E-state index in [4.69, 9.17) is 5.73 Å². The van der Waals surface area contributed by atoms with Crippen molar-refractivity contribution in [3.8, 4) is 11.4 Å². The van der Waals surface area contributed by atoms with E-state index in [1.807, 2.05) is 0 Å². The molecule has 18 heavy (non-hydrogen) atoms. The van der Waals surface area contributed by atoms with Crippen molar-refractivity contribution in [1.82, 2.24) is 20.2 Å². The van der Waals surface area contributed by atoms with Gasteiger partial charge in [-0.15, -0.1) is 5.10 Å². The number of benzene rings is 1. The molecule has 0 bridgehead atoms. The van der Waals surface area contributed by atoms with Crippen LogP contribution >= 0.6 is 15.9 Å². The lowest BCUT2D eigenvalue weighted by molar-refractivity contribution is 0.546. The zero-order valence-corrected chi connectivity index (χ0v) is 11.3. The Kier molecular flexibility index (Phi) is 4.38. The topological polar surface area (TPSA) is 69.6 Å². The van der Waals surface area contributed by atoms with Crippen LogP contribution in [0.3, 0.4) is 0 Å². The number of aromatic nitrogens is 4. The number of nitrogens with zero attached hydrogens (tertiary/aromatic N) is 4. The van der Waals surface area contributed by atoms with Crippen LogP contribution in [-0.2, 0) is 6.54 Å². The first-order valence-electron chi connectivity index (χ1n) is 5.64. The molecule has 0 aliphatic rings.